The first kappa shape index (κ1) is 15.0. The molecule has 1 aliphatic carbocycles. The lowest BCUT2D eigenvalue weighted by molar-refractivity contribution is 0.629. The summed E-state index contributed by atoms with van der Waals surface area (Å²) in [6.07, 6.45) is 6.23. The lowest BCUT2D eigenvalue weighted by Gasteiger charge is -2.21. The summed E-state index contributed by atoms with van der Waals surface area (Å²) >= 11 is 0. The number of allylic oxidation sites excluding steroid dienone is 2. The Labute approximate surface area is 150 Å². The first-order valence-corrected chi connectivity index (χ1v) is 8.58. The van der Waals surface area contributed by atoms with Gasteiger partial charge in [0.2, 0.25) is 0 Å². The Kier molecular flexibility index (Phi) is 3.25. The minimum absolute atomic E-state index is 0.0318. The van der Waals surface area contributed by atoms with Crippen LogP contribution in [0.3, 0.4) is 0 Å². The average molecular weight is 341 g/mol. The van der Waals surface area contributed by atoms with Crippen molar-refractivity contribution in [2.45, 2.75) is 13.0 Å². The van der Waals surface area contributed by atoms with E-state index in [0.717, 1.165) is 33.7 Å². The topological polar surface area (TPSA) is 29.6 Å². The first-order valence-electron chi connectivity index (χ1n) is 8.58. The number of benzene rings is 2. The summed E-state index contributed by atoms with van der Waals surface area (Å²) in [4.78, 5) is 9.71. The van der Waals surface area contributed by atoms with Gasteiger partial charge in [-0.05, 0) is 31.2 Å². The molecule has 4 heteroatoms. The molecule has 5 rings (SSSR count). The van der Waals surface area contributed by atoms with E-state index in [-0.39, 0.29) is 11.9 Å². The van der Waals surface area contributed by atoms with Crippen molar-refractivity contribution in [2.24, 2.45) is 9.98 Å². The number of amidine groups is 1. The quantitative estimate of drug-likeness (QED) is 0.612. The lowest BCUT2D eigenvalue weighted by Crippen LogP contribution is -2.26. The van der Waals surface area contributed by atoms with Crippen molar-refractivity contribution in [2.75, 3.05) is 0 Å². The zero-order valence-electron chi connectivity index (χ0n) is 14.2. The molecular weight excluding hydrogens is 325 g/mol. The second-order valence-electron chi connectivity index (χ2n) is 6.60. The van der Waals surface area contributed by atoms with Crippen LogP contribution >= 0.6 is 0 Å². The first-order chi connectivity index (χ1) is 12.7. The molecule has 0 N–H and O–H groups in total. The van der Waals surface area contributed by atoms with Crippen LogP contribution < -0.4 is 0 Å². The number of fused-ring (bicyclic) bond motifs is 2. The molecule has 0 spiro atoms. The number of nitrogens with zero attached hydrogens (tertiary/aromatic N) is 3. The molecule has 26 heavy (non-hydrogen) atoms. The third kappa shape index (κ3) is 2.34. The Balaban J connectivity index is 1.71. The highest BCUT2D eigenvalue weighted by Gasteiger charge is 2.28. The molecule has 0 saturated carbocycles. The Morgan fingerprint density at radius 1 is 1.04 bits per heavy atom. The van der Waals surface area contributed by atoms with Crippen molar-refractivity contribution in [1.82, 2.24) is 4.57 Å². The van der Waals surface area contributed by atoms with Crippen LogP contribution in [0.4, 0.5) is 4.39 Å². The molecule has 0 fully saturated rings. The SMILES string of the molecule is CC1=CC2N=C(c3ccccc3)N=C(n3ccc4cc(F)ccc43)C2=C1. The molecule has 3 aromatic rings. The number of aliphatic imine (C=N–C) groups is 2. The maximum atomic E-state index is 13.6. The van der Waals surface area contributed by atoms with Gasteiger partial charge in [-0.1, -0.05) is 48.1 Å². The van der Waals surface area contributed by atoms with Crippen molar-refractivity contribution in [3.05, 3.63) is 95.5 Å². The molecule has 2 aromatic carbocycles. The molecule has 1 unspecified atom stereocenters. The molecule has 2 heterocycles. The van der Waals surface area contributed by atoms with E-state index in [1.165, 1.54) is 11.6 Å². The fourth-order valence-electron chi connectivity index (χ4n) is 3.56. The third-order valence-corrected chi connectivity index (χ3v) is 4.77. The smallest absolute Gasteiger partial charge is 0.157 e. The summed E-state index contributed by atoms with van der Waals surface area (Å²) in [6.45, 7) is 2.07. The molecule has 126 valence electrons. The maximum absolute atomic E-state index is 13.6. The Morgan fingerprint density at radius 3 is 2.73 bits per heavy atom. The lowest BCUT2D eigenvalue weighted by atomic mass is 10.1. The van der Waals surface area contributed by atoms with Gasteiger partial charge in [0.1, 0.15) is 11.7 Å². The molecule has 1 atom stereocenters. The van der Waals surface area contributed by atoms with E-state index in [1.807, 2.05) is 47.2 Å². The minimum Gasteiger partial charge on any atom is -0.301 e. The molecule has 0 saturated heterocycles. The van der Waals surface area contributed by atoms with Gasteiger partial charge in [-0.25, -0.2) is 9.38 Å². The molecule has 0 bridgehead atoms. The predicted molar refractivity (Wildman–Crippen MR) is 103 cm³/mol. The van der Waals surface area contributed by atoms with Gasteiger partial charge < -0.3 is 4.57 Å². The van der Waals surface area contributed by atoms with Crippen LogP contribution in [0.2, 0.25) is 0 Å². The van der Waals surface area contributed by atoms with Crippen molar-refractivity contribution in [1.29, 1.82) is 0 Å². The highest BCUT2D eigenvalue weighted by atomic mass is 19.1. The summed E-state index contributed by atoms with van der Waals surface area (Å²) in [5.74, 6) is 1.33. The van der Waals surface area contributed by atoms with Gasteiger partial charge in [0.15, 0.2) is 5.84 Å². The number of hydrogen-bond donors (Lipinski definition) is 0. The molecule has 3 nitrogen and oxygen atoms in total. The van der Waals surface area contributed by atoms with Crippen LogP contribution in [0, 0.1) is 5.82 Å². The Bertz CT molecular complexity index is 1150. The number of aromatic nitrogens is 1. The van der Waals surface area contributed by atoms with Crippen molar-refractivity contribution >= 4 is 22.6 Å². The van der Waals surface area contributed by atoms with E-state index in [4.69, 9.17) is 9.98 Å². The summed E-state index contributed by atoms with van der Waals surface area (Å²) in [5.41, 5.74) is 4.18. The third-order valence-electron chi connectivity index (χ3n) is 4.77. The van der Waals surface area contributed by atoms with Crippen LogP contribution in [0.5, 0.6) is 0 Å². The van der Waals surface area contributed by atoms with Crippen LogP contribution in [0.15, 0.2) is 94.1 Å². The molecular formula is C22H16FN3. The number of hydrogen-bond acceptors (Lipinski definition) is 2. The van der Waals surface area contributed by atoms with Crippen LogP contribution in [0.1, 0.15) is 12.5 Å². The molecule has 2 aliphatic rings. The van der Waals surface area contributed by atoms with E-state index >= 15 is 0 Å². The van der Waals surface area contributed by atoms with E-state index in [0.29, 0.717) is 0 Å². The second kappa shape index (κ2) is 5.63. The number of halogens is 1. The van der Waals surface area contributed by atoms with Gasteiger partial charge in [0.05, 0.1) is 11.6 Å². The van der Waals surface area contributed by atoms with E-state index < -0.39 is 0 Å². The average Bonchev–Trinajstić information content (AvgIpc) is 3.23. The van der Waals surface area contributed by atoms with Crippen molar-refractivity contribution < 1.29 is 4.39 Å². The summed E-state index contributed by atoms with van der Waals surface area (Å²) in [5, 5.41) is 0.858. The minimum atomic E-state index is -0.233. The van der Waals surface area contributed by atoms with Gasteiger partial charge in [0.25, 0.3) is 0 Å². The van der Waals surface area contributed by atoms with Crippen LogP contribution in [-0.2, 0) is 0 Å². The van der Waals surface area contributed by atoms with Crippen molar-refractivity contribution in [3.63, 3.8) is 0 Å². The van der Waals surface area contributed by atoms with Gasteiger partial charge in [-0.3, -0.25) is 4.99 Å². The fourth-order valence-corrected chi connectivity index (χ4v) is 3.56. The van der Waals surface area contributed by atoms with E-state index in [2.05, 4.69) is 19.1 Å². The zero-order chi connectivity index (χ0) is 17.7. The Morgan fingerprint density at radius 2 is 1.88 bits per heavy atom. The molecule has 0 radical (unpaired) electrons. The predicted octanol–water partition coefficient (Wildman–Crippen LogP) is 4.74. The van der Waals surface area contributed by atoms with Gasteiger partial charge in [-0.2, -0.15) is 0 Å². The Hall–Kier alpha value is -3.27. The van der Waals surface area contributed by atoms with Crippen LogP contribution in [-0.4, -0.2) is 22.3 Å². The normalized spacial score (nSPS) is 18.9. The molecule has 0 amide bonds. The molecule has 1 aliphatic heterocycles. The van der Waals surface area contributed by atoms with Gasteiger partial charge in [-0.15, -0.1) is 0 Å². The highest BCUT2D eigenvalue weighted by molar-refractivity contribution is 6.17. The van der Waals surface area contributed by atoms with E-state index in [9.17, 15) is 4.39 Å². The summed E-state index contributed by atoms with van der Waals surface area (Å²) in [6, 6.07) is 16.7. The largest absolute Gasteiger partial charge is 0.301 e. The van der Waals surface area contributed by atoms with Crippen molar-refractivity contribution in [3.8, 4) is 0 Å². The summed E-state index contributed by atoms with van der Waals surface area (Å²) in [7, 11) is 0. The second-order valence-corrected chi connectivity index (χ2v) is 6.60. The number of rotatable bonds is 1. The highest BCUT2D eigenvalue weighted by Crippen LogP contribution is 2.29. The standard InChI is InChI=1S/C22H16FN3/c1-14-11-18-19(12-14)24-21(15-5-3-2-4-6-15)25-22(18)26-10-9-16-13-17(23)7-8-20(16)26/h2-13,19H,1H3. The van der Waals surface area contributed by atoms with Gasteiger partial charge >= 0.3 is 0 Å². The zero-order valence-corrected chi connectivity index (χ0v) is 14.2. The maximum Gasteiger partial charge on any atom is 0.157 e. The fraction of sp³-hybridized carbons (Fsp3) is 0.0909. The summed E-state index contributed by atoms with van der Waals surface area (Å²) < 4.78 is 15.6. The van der Waals surface area contributed by atoms with Gasteiger partial charge in [0, 0.05) is 22.7 Å². The van der Waals surface area contributed by atoms with E-state index in [1.54, 1.807) is 12.1 Å². The monoisotopic (exact) mass is 341 g/mol. The van der Waals surface area contributed by atoms with Crippen LogP contribution in [0.25, 0.3) is 10.9 Å². The molecule has 1 aromatic heterocycles.